The molecule has 2 N–H and O–H groups in total. The van der Waals surface area contributed by atoms with Crippen molar-refractivity contribution < 1.29 is 14.7 Å². The molecular formula is C22H20ClN3O4. The van der Waals surface area contributed by atoms with Crippen molar-refractivity contribution in [1.82, 2.24) is 14.8 Å². The van der Waals surface area contributed by atoms with Crippen LogP contribution < -0.4 is 10.7 Å². The van der Waals surface area contributed by atoms with Crippen molar-refractivity contribution in [3.05, 3.63) is 75.5 Å². The largest absolute Gasteiger partial charge is 0.465 e. The van der Waals surface area contributed by atoms with Crippen molar-refractivity contribution in [2.24, 2.45) is 5.92 Å². The van der Waals surface area contributed by atoms with Crippen molar-refractivity contribution in [2.75, 3.05) is 13.1 Å². The molecule has 0 radical (unpaired) electrons. The van der Waals surface area contributed by atoms with Crippen LogP contribution >= 0.6 is 11.6 Å². The van der Waals surface area contributed by atoms with Gasteiger partial charge < -0.3 is 19.9 Å². The fourth-order valence-electron chi connectivity index (χ4n) is 3.76. The number of nitrogens with zero attached hydrogens (tertiary/aromatic N) is 2. The average Bonchev–Trinajstić information content (AvgIpc) is 3.24. The second-order valence-corrected chi connectivity index (χ2v) is 7.72. The van der Waals surface area contributed by atoms with Crippen LogP contribution in [0.1, 0.15) is 12.0 Å². The van der Waals surface area contributed by atoms with Crippen LogP contribution in [-0.4, -0.2) is 39.7 Å². The molecule has 30 heavy (non-hydrogen) atoms. The third-order valence-electron chi connectivity index (χ3n) is 5.36. The second kappa shape index (κ2) is 8.20. The molecule has 1 fully saturated rings. The number of halogens is 1. The summed E-state index contributed by atoms with van der Waals surface area (Å²) < 4.78 is 1.88. The minimum Gasteiger partial charge on any atom is -0.465 e. The van der Waals surface area contributed by atoms with Gasteiger partial charge in [0.2, 0.25) is 5.91 Å². The van der Waals surface area contributed by atoms with Gasteiger partial charge in [-0.05, 0) is 36.8 Å². The zero-order valence-electron chi connectivity index (χ0n) is 16.0. The average molecular weight is 426 g/mol. The molecular weight excluding hydrogens is 406 g/mol. The van der Waals surface area contributed by atoms with E-state index < -0.39 is 12.0 Å². The maximum absolute atomic E-state index is 13.0. The highest BCUT2D eigenvalue weighted by molar-refractivity contribution is 6.31. The van der Waals surface area contributed by atoms with Gasteiger partial charge in [-0.25, -0.2) is 4.79 Å². The van der Waals surface area contributed by atoms with Crippen molar-refractivity contribution in [3.8, 4) is 5.69 Å². The van der Waals surface area contributed by atoms with E-state index >= 15 is 0 Å². The molecule has 1 aliphatic heterocycles. The molecule has 1 atom stereocenters. The van der Waals surface area contributed by atoms with Gasteiger partial charge in [0, 0.05) is 47.5 Å². The number of aromatic nitrogens is 1. The smallest absolute Gasteiger partial charge is 0.407 e. The maximum atomic E-state index is 13.0. The number of carbonyl (C=O) groups excluding carboxylic acids is 1. The number of carboxylic acid groups (broad SMARTS) is 1. The highest BCUT2D eigenvalue weighted by atomic mass is 35.5. The molecule has 1 saturated heterocycles. The highest BCUT2D eigenvalue weighted by Gasteiger charge is 2.30. The van der Waals surface area contributed by atoms with Crippen LogP contribution in [0.25, 0.3) is 16.6 Å². The number of fused-ring (bicyclic) bond motifs is 1. The molecule has 1 aromatic heterocycles. The van der Waals surface area contributed by atoms with Gasteiger partial charge >= 0.3 is 6.09 Å². The lowest BCUT2D eigenvalue weighted by Gasteiger charge is -2.15. The third kappa shape index (κ3) is 3.89. The standard InChI is InChI=1S/C22H20ClN3O4/c23-16-6-7-18-19(10-16)26(17-4-2-1-3-5-17)13-15(20(18)27)11-24-21(28)14-8-9-25(12-14)22(29)30/h1-7,10,13-14H,8-9,11-12H2,(H,24,28)(H,29,30). The summed E-state index contributed by atoms with van der Waals surface area (Å²) in [4.78, 5) is 37.8. The first kappa shape index (κ1) is 20.0. The molecule has 0 aliphatic carbocycles. The number of likely N-dealkylation sites (tertiary alicyclic amines) is 1. The molecule has 0 saturated carbocycles. The monoisotopic (exact) mass is 425 g/mol. The van der Waals surface area contributed by atoms with Crippen LogP contribution in [0.4, 0.5) is 4.79 Å². The Balaban J connectivity index is 1.64. The highest BCUT2D eigenvalue weighted by Crippen LogP contribution is 2.22. The van der Waals surface area contributed by atoms with Crippen LogP contribution in [-0.2, 0) is 11.3 Å². The molecule has 1 aliphatic rings. The van der Waals surface area contributed by atoms with Gasteiger partial charge in [0.25, 0.3) is 0 Å². The number of amides is 2. The summed E-state index contributed by atoms with van der Waals surface area (Å²) in [6, 6.07) is 14.7. The van der Waals surface area contributed by atoms with Gasteiger partial charge in [0.1, 0.15) is 0 Å². The Bertz CT molecular complexity index is 1180. The second-order valence-electron chi connectivity index (χ2n) is 7.28. The zero-order chi connectivity index (χ0) is 21.3. The number of nitrogens with one attached hydrogen (secondary N) is 1. The normalized spacial score (nSPS) is 16.0. The van der Waals surface area contributed by atoms with E-state index in [1.54, 1.807) is 24.4 Å². The van der Waals surface area contributed by atoms with Crippen molar-refractivity contribution in [2.45, 2.75) is 13.0 Å². The predicted octanol–water partition coefficient (Wildman–Crippen LogP) is 3.26. The maximum Gasteiger partial charge on any atom is 0.407 e. The summed E-state index contributed by atoms with van der Waals surface area (Å²) in [6.07, 6.45) is 1.17. The van der Waals surface area contributed by atoms with Gasteiger partial charge in [0.05, 0.1) is 11.4 Å². The lowest BCUT2D eigenvalue weighted by atomic mass is 10.1. The zero-order valence-corrected chi connectivity index (χ0v) is 16.8. The van der Waals surface area contributed by atoms with E-state index in [1.807, 2.05) is 34.9 Å². The summed E-state index contributed by atoms with van der Waals surface area (Å²) in [6.45, 7) is 0.573. The van der Waals surface area contributed by atoms with E-state index in [0.29, 0.717) is 34.5 Å². The molecule has 2 heterocycles. The molecule has 0 spiro atoms. The lowest BCUT2D eigenvalue weighted by molar-refractivity contribution is -0.124. The Labute approximate surface area is 177 Å². The quantitative estimate of drug-likeness (QED) is 0.671. The fraction of sp³-hybridized carbons (Fsp3) is 0.227. The van der Waals surface area contributed by atoms with Gasteiger partial charge in [-0.2, -0.15) is 0 Å². The molecule has 7 nitrogen and oxygen atoms in total. The van der Waals surface area contributed by atoms with E-state index in [-0.39, 0.29) is 24.4 Å². The van der Waals surface area contributed by atoms with Crippen LogP contribution in [0, 0.1) is 5.92 Å². The topological polar surface area (TPSA) is 91.6 Å². The number of hydrogen-bond acceptors (Lipinski definition) is 3. The molecule has 4 rings (SSSR count). The number of hydrogen-bond donors (Lipinski definition) is 2. The third-order valence-corrected chi connectivity index (χ3v) is 5.59. The van der Waals surface area contributed by atoms with Crippen LogP contribution in [0.5, 0.6) is 0 Å². The summed E-state index contributed by atoms with van der Waals surface area (Å²) in [5, 5.41) is 12.9. The number of rotatable bonds is 4. The fourth-order valence-corrected chi connectivity index (χ4v) is 3.92. The Kier molecular flexibility index (Phi) is 5.46. The lowest BCUT2D eigenvalue weighted by Crippen LogP contribution is -2.35. The van der Waals surface area contributed by atoms with E-state index in [4.69, 9.17) is 16.7 Å². The first-order chi connectivity index (χ1) is 14.4. The number of benzene rings is 2. The summed E-state index contributed by atoms with van der Waals surface area (Å²) in [5.41, 5.74) is 1.81. The van der Waals surface area contributed by atoms with Crippen LogP contribution in [0.15, 0.2) is 59.5 Å². The minimum absolute atomic E-state index is 0.0621. The van der Waals surface area contributed by atoms with E-state index in [1.165, 1.54) is 4.90 Å². The van der Waals surface area contributed by atoms with Crippen molar-refractivity contribution in [3.63, 3.8) is 0 Å². The summed E-state index contributed by atoms with van der Waals surface area (Å²) in [7, 11) is 0. The Morgan fingerprint density at radius 3 is 2.63 bits per heavy atom. The van der Waals surface area contributed by atoms with Gasteiger partial charge in [-0.3, -0.25) is 9.59 Å². The van der Waals surface area contributed by atoms with Gasteiger partial charge in [-0.1, -0.05) is 29.8 Å². The molecule has 2 amide bonds. The Morgan fingerprint density at radius 2 is 1.93 bits per heavy atom. The predicted molar refractivity (Wildman–Crippen MR) is 114 cm³/mol. The van der Waals surface area contributed by atoms with E-state index in [0.717, 1.165) is 5.69 Å². The van der Waals surface area contributed by atoms with E-state index in [2.05, 4.69) is 5.32 Å². The molecule has 0 bridgehead atoms. The van der Waals surface area contributed by atoms with Crippen molar-refractivity contribution in [1.29, 1.82) is 0 Å². The molecule has 8 heteroatoms. The van der Waals surface area contributed by atoms with Gasteiger partial charge in [0.15, 0.2) is 5.43 Å². The number of para-hydroxylation sites is 1. The molecule has 2 aromatic carbocycles. The Hall–Kier alpha value is -3.32. The summed E-state index contributed by atoms with van der Waals surface area (Å²) >= 11 is 6.16. The van der Waals surface area contributed by atoms with Gasteiger partial charge in [-0.15, -0.1) is 0 Å². The summed E-state index contributed by atoms with van der Waals surface area (Å²) in [5.74, 6) is -0.655. The minimum atomic E-state index is -1.02. The van der Waals surface area contributed by atoms with E-state index in [9.17, 15) is 14.4 Å². The first-order valence-corrected chi connectivity index (χ1v) is 9.96. The van der Waals surface area contributed by atoms with Crippen LogP contribution in [0.2, 0.25) is 5.02 Å². The first-order valence-electron chi connectivity index (χ1n) is 9.59. The molecule has 154 valence electrons. The Morgan fingerprint density at radius 1 is 1.17 bits per heavy atom. The SMILES string of the molecule is O=C(NCc1cn(-c2ccccc2)c2cc(Cl)ccc2c1=O)C1CCN(C(=O)O)C1. The van der Waals surface area contributed by atoms with Crippen LogP contribution in [0.3, 0.4) is 0 Å². The van der Waals surface area contributed by atoms with Crippen molar-refractivity contribution >= 4 is 34.5 Å². The number of pyridine rings is 1. The molecule has 3 aromatic rings. The molecule has 1 unspecified atom stereocenters. The number of carbonyl (C=O) groups is 2.